The van der Waals surface area contributed by atoms with Gasteiger partial charge >= 0.3 is 0 Å². The molecule has 5 heteroatoms. The molecule has 1 N–H and O–H groups in total. The predicted molar refractivity (Wildman–Crippen MR) is 84.3 cm³/mol. The molecule has 0 radical (unpaired) electrons. The topological polar surface area (TPSA) is 46.9 Å². The van der Waals surface area contributed by atoms with E-state index in [2.05, 4.69) is 24.1 Å². The maximum absolute atomic E-state index is 5.66. The van der Waals surface area contributed by atoms with E-state index in [4.69, 9.17) is 13.9 Å². The minimum atomic E-state index is 0.471. The van der Waals surface area contributed by atoms with Crippen LogP contribution in [0, 0.1) is 0 Å². The fraction of sp³-hybridized carbons (Fsp3) is 0.750. The SMILES string of the molecule is COCCCN(CCOC)Cc1occc1CNC(C)C. The Bertz CT molecular complexity index is 366. The van der Waals surface area contributed by atoms with Crippen molar-refractivity contribution in [3.8, 4) is 0 Å². The summed E-state index contributed by atoms with van der Waals surface area (Å²) in [6.07, 6.45) is 2.79. The summed E-state index contributed by atoms with van der Waals surface area (Å²) < 4.78 is 16.0. The standard InChI is InChI=1S/C16H30N2O3/c1-14(2)17-12-15-6-10-21-16(15)13-18(8-11-20-4)7-5-9-19-3/h6,10,14,17H,5,7-9,11-13H2,1-4H3. The number of methoxy groups -OCH3 is 2. The van der Waals surface area contributed by atoms with Gasteiger partial charge in [-0.3, -0.25) is 4.90 Å². The summed E-state index contributed by atoms with van der Waals surface area (Å²) in [6, 6.07) is 2.52. The van der Waals surface area contributed by atoms with Crippen LogP contribution in [-0.4, -0.2) is 51.5 Å². The molecule has 0 aliphatic carbocycles. The number of hydrogen-bond acceptors (Lipinski definition) is 5. The highest BCUT2D eigenvalue weighted by atomic mass is 16.5. The lowest BCUT2D eigenvalue weighted by molar-refractivity contribution is 0.124. The number of nitrogens with zero attached hydrogens (tertiary/aromatic N) is 1. The highest BCUT2D eigenvalue weighted by Crippen LogP contribution is 2.14. The van der Waals surface area contributed by atoms with Crippen LogP contribution in [-0.2, 0) is 22.6 Å². The molecule has 1 rings (SSSR count). The van der Waals surface area contributed by atoms with Crippen LogP contribution in [0.4, 0.5) is 0 Å². The van der Waals surface area contributed by atoms with Crippen molar-refractivity contribution < 1.29 is 13.9 Å². The molecule has 1 heterocycles. The van der Waals surface area contributed by atoms with Crippen LogP contribution in [0.2, 0.25) is 0 Å². The summed E-state index contributed by atoms with van der Waals surface area (Å²) in [5.74, 6) is 1.04. The van der Waals surface area contributed by atoms with Gasteiger partial charge in [0.05, 0.1) is 19.4 Å². The first-order valence-corrected chi connectivity index (χ1v) is 7.66. The maximum atomic E-state index is 5.66. The molecular formula is C16H30N2O3. The summed E-state index contributed by atoms with van der Waals surface area (Å²) >= 11 is 0. The molecule has 5 nitrogen and oxygen atoms in total. The second kappa shape index (κ2) is 10.8. The minimum Gasteiger partial charge on any atom is -0.468 e. The van der Waals surface area contributed by atoms with Crippen LogP contribution in [0.25, 0.3) is 0 Å². The third-order valence-corrected chi connectivity index (χ3v) is 3.34. The van der Waals surface area contributed by atoms with Crippen LogP contribution in [0.3, 0.4) is 0 Å². The van der Waals surface area contributed by atoms with E-state index in [1.165, 1.54) is 5.56 Å². The van der Waals surface area contributed by atoms with Gasteiger partial charge in [0.15, 0.2) is 0 Å². The van der Waals surface area contributed by atoms with E-state index in [1.54, 1.807) is 20.5 Å². The summed E-state index contributed by atoms with van der Waals surface area (Å²) in [4.78, 5) is 2.35. The summed E-state index contributed by atoms with van der Waals surface area (Å²) in [5, 5.41) is 3.43. The fourth-order valence-corrected chi connectivity index (χ4v) is 2.10. The maximum Gasteiger partial charge on any atom is 0.122 e. The van der Waals surface area contributed by atoms with Crippen molar-refractivity contribution in [1.82, 2.24) is 10.2 Å². The number of rotatable bonds is 12. The van der Waals surface area contributed by atoms with Gasteiger partial charge in [-0.1, -0.05) is 13.8 Å². The van der Waals surface area contributed by atoms with E-state index in [1.807, 2.05) is 6.07 Å². The lowest BCUT2D eigenvalue weighted by Crippen LogP contribution is -2.29. The molecule has 0 aromatic carbocycles. The number of hydrogen-bond donors (Lipinski definition) is 1. The molecule has 0 bridgehead atoms. The zero-order valence-corrected chi connectivity index (χ0v) is 13.9. The summed E-state index contributed by atoms with van der Waals surface area (Å²) in [6.45, 7) is 9.35. The molecule has 0 amide bonds. The van der Waals surface area contributed by atoms with E-state index in [0.717, 1.165) is 51.6 Å². The van der Waals surface area contributed by atoms with E-state index in [0.29, 0.717) is 6.04 Å². The van der Waals surface area contributed by atoms with Crippen molar-refractivity contribution in [2.24, 2.45) is 0 Å². The zero-order valence-electron chi connectivity index (χ0n) is 13.9. The minimum absolute atomic E-state index is 0.471. The molecule has 0 aliphatic heterocycles. The Morgan fingerprint density at radius 1 is 1.19 bits per heavy atom. The van der Waals surface area contributed by atoms with Gasteiger partial charge in [0.2, 0.25) is 0 Å². The second-order valence-electron chi connectivity index (χ2n) is 5.52. The molecule has 1 aromatic heterocycles. The van der Waals surface area contributed by atoms with Gasteiger partial charge in [-0.15, -0.1) is 0 Å². The lowest BCUT2D eigenvalue weighted by atomic mass is 10.2. The lowest BCUT2D eigenvalue weighted by Gasteiger charge is -2.21. The average molecular weight is 298 g/mol. The third-order valence-electron chi connectivity index (χ3n) is 3.34. The highest BCUT2D eigenvalue weighted by molar-refractivity contribution is 5.16. The number of ether oxygens (including phenoxy) is 2. The van der Waals surface area contributed by atoms with Gasteiger partial charge < -0.3 is 19.2 Å². The monoisotopic (exact) mass is 298 g/mol. The molecule has 0 aliphatic rings. The molecule has 0 saturated heterocycles. The van der Waals surface area contributed by atoms with Gasteiger partial charge in [0.25, 0.3) is 0 Å². The zero-order chi connectivity index (χ0) is 15.5. The van der Waals surface area contributed by atoms with Crippen LogP contribution >= 0.6 is 0 Å². The fourth-order valence-electron chi connectivity index (χ4n) is 2.10. The van der Waals surface area contributed by atoms with E-state index >= 15 is 0 Å². The molecule has 0 fully saturated rings. The molecule has 21 heavy (non-hydrogen) atoms. The Hall–Kier alpha value is -0.880. The average Bonchev–Trinajstić information content (AvgIpc) is 2.89. The number of furan rings is 1. The Morgan fingerprint density at radius 2 is 1.95 bits per heavy atom. The van der Waals surface area contributed by atoms with Crippen LogP contribution in [0.1, 0.15) is 31.6 Å². The van der Waals surface area contributed by atoms with Gasteiger partial charge in [0.1, 0.15) is 5.76 Å². The quantitative estimate of drug-likeness (QED) is 0.600. The van der Waals surface area contributed by atoms with Crippen molar-refractivity contribution in [2.75, 3.05) is 40.5 Å². The molecule has 0 unspecified atom stereocenters. The van der Waals surface area contributed by atoms with Crippen molar-refractivity contribution in [3.05, 3.63) is 23.7 Å². The number of nitrogens with one attached hydrogen (secondary N) is 1. The van der Waals surface area contributed by atoms with E-state index < -0.39 is 0 Å². The Labute approximate surface area is 128 Å². The third kappa shape index (κ3) is 7.62. The van der Waals surface area contributed by atoms with Crippen molar-refractivity contribution in [1.29, 1.82) is 0 Å². The molecular weight excluding hydrogens is 268 g/mol. The predicted octanol–water partition coefficient (Wildman–Crippen LogP) is 2.26. The van der Waals surface area contributed by atoms with Crippen LogP contribution in [0.5, 0.6) is 0 Å². The van der Waals surface area contributed by atoms with E-state index in [9.17, 15) is 0 Å². The molecule has 122 valence electrons. The van der Waals surface area contributed by atoms with Gasteiger partial charge in [-0.25, -0.2) is 0 Å². The van der Waals surface area contributed by atoms with Gasteiger partial charge in [-0.05, 0) is 12.5 Å². The first-order valence-electron chi connectivity index (χ1n) is 7.66. The molecule has 0 spiro atoms. The largest absolute Gasteiger partial charge is 0.468 e. The van der Waals surface area contributed by atoms with Crippen molar-refractivity contribution in [2.45, 2.75) is 39.4 Å². The summed E-state index contributed by atoms with van der Waals surface area (Å²) in [5.41, 5.74) is 1.23. The molecule has 0 atom stereocenters. The van der Waals surface area contributed by atoms with Crippen molar-refractivity contribution >= 4 is 0 Å². The Balaban J connectivity index is 2.53. The highest BCUT2D eigenvalue weighted by Gasteiger charge is 2.12. The normalized spacial score (nSPS) is 11.7. The molecule has 0 saturated carbocycles. The van der Waals surface area contributed by atoms with Crippen LogP contribution in [0.15, 0.2) is 16.7 Å². The van der Waals surface area contributed by atoms with Crippen LogP contribution < -0.4 is 5.32 Å². The summed E-state index contributed by atoms with van der Waals surface area (Å²) in [7, 11) is 3.47. The Kier molecular flexibility index (Phi) is 9.34. The molecule has 1 aromatic rings. The smallest absolute Gasteiger partial charge is 0.122 e. The van der Waals surface area contributed by atoms with Gasteiger partial charge in [0, 0.05) is 52.1 Å². The van der Waals surface area contributed by atoms with Crippen molar-refractivity contribution in [3.63, 3.8) is 0 Å². The first kappa shape index (κ1) is 18.2. The second-order valence-corrected chi connectivity index (χ2v) is 5.52. The van der Waals surface area contributed by atoms with Gasteiger partial charge in [-0.2, -0.15) is 0 Å². The Morgan fingerprint density at radius 3 is 2.62 bits per heavy atom. The first-order chi connectivity index (χ1) is 10.2. The van der Waals surface area contributed by atoms with E-state index in [-0.39, 0.29) is 0 Å².